The number of hydrogen-bond acceptors (Lipinski definition) is 6. The normalized spacial score (nSPS) is 10.8. The Hall–Kier alpha value is -3.53. The van der Waals surface area contributed by atoms with Gasteiger partial charge in [0.2, 0.25) is 0 Å². The molecular formula is C19H18N2O5. The molecule has 0 radical (unpaired) electrons. The van der Waals surface area contributed by atoms with Crippen LogP contribution in [0.15, 0.2) is 42.5 Å². The van der Waals surface area contributed by atoms with Gasteiger partial charge in [-0.15, -0.1) is 0 Å². The lowest BCUT2D eigenvalue weighted by atomic mass is 9.96. The number of benzene rings is 2. The van der Waals surface area contributed by atoms with E-state index in [0.717, 1.165) is 0 Å². The predicted octanol–water partition coefficient (Wildman–Crippen LogP) is 3.97. The first-order chi connectivity index (χ1) is 12.5. The lowest BCUT2D eigenvalue weighted by molar-refractivity contribution is -0.385. The van der Waals surface area contributed by atoms with E-state index in [-0.39, 0.29) is 11.4 Å². The van der Waals surface area contributed by atoms with Crippen LogP contribution in [0.25, 0.3) is 5.57 Å². The van der Waals surface area contributed by atoms with E-state index in [1.165, 1.54) is 32.4 Å². The van der Waals surface area contributed by atoms with E-state index in [0.29, 0.717) is 34.8 Å². The molecule has 0 N–H and O–H groups in total. The number of methoxy groups -OCH3 is 2. The highest BCUT2D eigenvalue weighted by atomic mass is 16.6. The summed E-state index contributed by atoms with van der Waals surface area (Å²) in [5, 5.41) is 20.4. The van der Waals surface area contributed by atoms with E-state index in [2.05, 4.69) is 0 Å². The van der Waals surface area contributed by atoms with Crippen LogP contribution in [0.5, 0.6) is 17.2 Å². The van der Waals surface area contributed by atoms with Crippen molar-refractivity contribution in [3.05, 3.63) is 63.7 Å². The van der Waals surface area contributed by atoms with Gasteiger partial charge in [0.25, 0.3) is 0 Å². The second-order valence-electron chi connectivity index (χ2n) is 5.13. The maximum atomic E-state index is 11.3. The molecule has 0 saturated heterocycles. The summed E-state index contributed by atoms with van der Waals surface area (Å²) in [5.74, 6) is 1.24. The van der Waals surface area contributed by atoms with E-state index in [1.807, 2.05) is 13.0 Å². The highest BCUT2D eigenvalue weighted by Crippen LogP contribution is 2.36. The average Bonchev–Trinajstić information content (AvgIpc) is 2.65. The van der Waals surface area contributed by atoms with Crippen molar-refractivity contribution < 1.29 is 19.1 Å². The molecule has 134 valence electrons. The molecule has 0 bridgehead atoms. The first kappa shape index (κ1) is 18.8. The fourth-order valence-electron chi connectivity index (χ4n) is 2.51. The van der Waals surface area contributed by atoms with Crippen molar-refractivity contribution >= 4 is 11.3 Å². The Bertz CT molecular complexity index is 884. The fourth-order valence-corrected chi connectivity index (χ4v) is 2.51. The Labute approximate surface area is 151 Å². The molecule has 0 spiro atoms. The molecule has 0 saturated carbocycles. The van der Waals surface area contributed by atoms with Crippen LogP contribution in [0.4, 0.5) is 5.69 Å². The highest BCUT2D eigenvalue weighted by Gasteiger charge is 2.18. The van der Waals surface area contributed by atoms with Gasteiger partial charge in [-0.2, -0.15) is 5.26 Å². The van der Waals surface area contributed by atoms with E-state index in [1.54, 1.807) is 24.3 Å². The SMILES string of the molecule is CCOc1cc(/C(=C\C#N)c2ccc(OC)c([N+](=O)[O-])c2)ccc1OC. The van der Waals surface area contributed by atoms with E-state index < -0.39 is 4.92 Å². The zero-order valence-electron chi connectivity index (χ0n) is 14.7. The zero-order chi connectivity index (χ0) is 19.1. The fraction of sp³-hybridized carbons (Fsp3) is 0.211. The van der Waals surface area contributed by atoms with Crippen LogP contribution >= 0.6 is 0 Å². The van der Waals surface area contributed by atoms with Crippen LogP contribution in [0.1, 0.15) is 18.1 Å². The topological polar surface area (TPSA) is 94.6 Å². The Morgan fingerprint density at radius 2 is 1.73 bits per heavy atom. The van der Waals surface area contributed by atoms with Crippen LogP contribution in [0.3, 0.4) is 0 Å². The minimum absolute atomic E-state index is 0.153. The van der Waals surface area contributed by atoms with Gasteiger partial charge >= 0.3 is 5.69 Å². The van der Waals surface area contributed by atoms with E-state index in [4.69, 9.17) is 14.2 Å². The second kappa shape index (κ2) is 8.53. The van der Waals surface area contributed by atoms with E-state index >= 15 is 0 Å². The number of allylic oxidation sites excluding steroid dienone is 1. The Kier molecular flexibility index (Phi) is 6.17. The van der Waals surface area contributed by atoms with Crippen LogP contribution in [0.2, 0.25) is 0 Å². The van der Waals surface area contributed by atoms with Gasteiger partial charge in [0.1, 0.15) is 0 Å². The van der Waals surface area contributed by atoms with Gasteiger partial charge in [0.05, 0.1) is 31.8 Å². The summed E-state index contributed by atoms with van der Waals surface area (Å²) in [4.78, 5) is 10.8. The average molecular weight is 354 g/mol. The van der Waals surface area contributed by atoms with Crippen LogP contribution in [-0.4, -0.2) is 25.7 Å². The third-order valence-electron chi connectivity index (χ3n) is 3.67. The molecule has 0 heterocycles. The number of nitrogens with zero attached hydrogens (tertiary/aromatic N) is 2. The summed E-state index contributed by atoms with van der Waals surface area (Å²) < 4.78 is 15.9. The summed E-state index contributed by atoms with van der Waals surface area (Å²) in [5.41, 5.74) is 1.55. The van der Waals surface area contributed by atoms with Gasteiger partial charge in [-0.05, 0) is 41.8 Å². The smallest absolute Gasteiger partial charge is 0.311 e. The molecule has 0 unspecified atom stereocenters. The first-order valence-corrected chi connectivity index (χ1v) is 7.79. The maximum absolute atomic E-state index is 11.3. The zero-order valence-corrected chi connectivity index (χ0v) is 14.7. The van der Waals surface area contributed by atoms with Crippen molar-refractivity contribution in [1.29, 1.82) is 5.26 Å². The molecule has 2 aromatic carbocycles. The van der Waals surface area contributed by atoms with Crippen molar-refractivity contribution in [2.75, 3.05) is 20.8 Å². The van der Waals surface area contributed by atoms with Crippen LogP contribution < -0.4 is 14.2 Å². The van der Waals surface area contributed by atoms with Crippen LogP contribution in [-0.2, 0) is 0 Å². The molecule has 0 aromatic heterocycles. The lowest BCUT2D eigenvalue weighted by Gasteiger charge is -2.13. The molecule has 7 nitrogen and oxygen atoms in total. The predicted molar refractivity (Wildman–Crippen MR) is 96.5 cm³/mol. The quantitative estimate of drug-likeness (QED) is 0.424. The van der Waals surface area contributed by atoms with Gasteiger partial charge in [-0.25, -0.2) is 0 Å². The van der Waals surface area contributed by atoms with Crippen molar-refractivity contribution in [3.8, 4) is 23.3 Å². The second-order valence-corrected chi connectivity index (χ2v) is 5.13. The minimum Gasteiger partial charge on any atom is -0.493 e. The largest absolute Gasteiger partial charge is 0.493 e. The van der Waals surface area contributed by atoms with Crippen molar-refractivity contribution in [2.24, 2.45) is 0 Å². The van der Waals surface area contributed by atoms with Gasteiger partial charge < -0.3 is 14.2 Å². The summed E-state index contributed by atoms with van der Waals surface area (Å²) in [6.07, 6.45) is 1.34. The minimum atomic E-state index is -0.522. The van der Waals surface area contributed by atoms with E-state index in [9.17, 15) is 15.4 Å². The molecule has 0 aliphatic rings. The van der Waals surface area contributed by atoms with Crippen LogP contribution in [0, 0.1) is 21.4 Å². The van der Waals surface area contributed by atoms with Crippen molar-refractivity contribution in [3.63, 3.8) is 0 Å². The number of nitro groups is 1. The molecule has 0 atom stereocenters. The summed E-state index contributed by atoms with van der Waals surface area (Å²) >= 11 is 0. The third-order valence-corrected chi connectivity index (χ3v) is 3.67. The molecular weight excluding hydrogens is 336 g/mol. The number of nitro benzene ring substituents is 1. The molecule has 2 aromatic rings. The summed E-state index contributed by atoms with van der Waals surface area (Å²) in [7, 11) is 2.91. The van der Waals surface area contributed by atoms with Gasteiger partial charge in [-0.1, -0.05) is 12.1 Å². The molecule has 0 aliphatic heterocycles. The van der Waals surface area contributed by atoms with Crippen molar-refractivity contribution in [2.45, 2.75) is 6.92 Å². The monoisotopic (exact) mass is 354 g/mol. The maximum Gasteiger partial charge on any atom is 0.311 e. The molecule has 26 heavy (non-hydrogen) atoms. The molecule has 0 amide bonds. The van der Waals surface area contributed by atoms with Gasteiger partial charge in [0.15, 0.2) is 17.2 Å². The summed E-state index contributed by atoms with van der Waals surface area (Å²) in [6, 6.07) is 11.8. The Morgan fingerprint density at radius 1 is 1.12 bits per heavy atom. The molecule has 2 rings (SSSR count). The first-order valence-electron chi connectivity index (χ1n) is 7.79. The highest BCUT2D eigenvalue weighted by molar-refractivity contribution is 5.83. The Balaban J connectivity index is 2.59. The number of rotatable bonds is 7. The van der Waals surface area contributed by atoms with Crippen molar-refractivity contribution in [1.82, 2.24) is 0 Å². The standard InChI is InChI=1S/C19H18N2O5/c1-4-26-19-12-14(6-8-18(19)25-3)15(9-10-20)13-5-7-17(24-2)16(11-13)21(22)23/h5-9,11-12H,4H2,1-3H3/b15-9-. The number of nitriles is 1. The summed E-state index contributed by atoms with van der Waals surface area (Å²) in [6.45, 7) is 2.30. The molecule has 0 aliphatic carbocycles. The Morgan fingerprint density at radius 3 is 2.27 bits per heavy atom. The number of hydrogen-bond donors (Lipinski definition) is 0. The number of ether oxygens (including phenoxy) is 3. The lowest BCUT2D eigenvalue weighted by Crippen LogP contribution is -1.98. The van der Waals surface area contributed by atoms with Gasteiger partial charge in [0, 0.05) is 12.1 Å². The third kappa shape index (κ3) is 3.92. The molecule has 0 fully saturated rings. The molecule has 7 heteroatoms. The van der Waals surface area contributed by atoms with Gasteiger partial charge in [-0.3, -0.25) is 10.1 Å².